The SMILES string of the molecule is CC(=O)NC(CC(=O)N1CCN(S(=O)(=O)/C=C/c2ccccc2)CC1)c1ccc(Cl)cc1. The molecule has 2 amide bonds. The van der Waals surface area contributed by atoms with Crippen LogP contribution in [0.3, 0.4) is 0 Å². The van der Waals surface area contributed by atoms with Crippen molar-refractivity contribution in [3.63, 3.8) is 0 Å². The molecule has 0 radical (unpaired) electrons. The van der Waals surface area contributed by atoms with Crippen LogP contribution in [-0.2, 0) is 19.6 Å². The van der Waals surface area contributed by atoms with Crippen LogP contribution < -0.4 is 5.32 Å². The number of carbonyl (C=O) groups is 2. The first-order valence-corrected chi connectivity index (χ1v) is 12.2. The first-order chi connectivity index (χ1) is 15.2. The summed E-state index contributed by atoms with van der Waals surface area (Å²) in [5, 5.41) is 4.58. The van der Waals surface area contributed by atoms with Crippen molar-refractivity contribution in [2.75, 3.05) is 26.2 Å². The molecule has 170 valence electrons. The standard InChI is InChI=1S/C23H26ClN3O4S/c1-18(28)25-22(20-7-9-21(24)10-8-20)17-23(29)26-12-14-27(15-13-26)32(30,31)16-11-19-5-3-2-4-6-19/h2-11,16,22H,12-15,17H2,1H3,(H,25,28)/b16-11+. The van der Waals surface area contributed by atoms with Gasteiger partial charge in [-0.1, -0.05) is 54.1 Å². The average Bonchev–Trinajstić information content (AvgIpc) is 2.78. The van der Waals surface area contributed by atoms with Crippen LogP contribution in [0.2, 0.25) is 5.02 Å². The first kappa shape index (κ1) is 24.0. The van der Waals surface area contributed by atoms with Crippen molar-refractivity contribution in [3.05, 3.63) is 76.2 Å². The summed E-state index contributed by atoms with van der Waals surface area (Å²) in [5.41, 5.74) is 1.58. The third kappa shape index (κ3) is 6.66. The van der Waals surface area contributed by atoms with Crippen LogP contribution in [0.25, 0.3) is 6.08 Å². The van der Waals surface area contributed by atoms with E-state index < -0.39 is 16.1 Å². The van der Waals surface area contributed by atoms with Gasteiger partial charge in [-0.3, -0.25) is 9.59 Å². The van der Waals surface area contributed by atoms with Gasteiger partial charge in [-0.25, -0.2) is 8.42 Å². The van der Waals surface area contributed by atoms with Crippen LogP contribution in [0.4, 0.5) is 0 Å². The molecule has 1 atom stereocenters. The average molecular weight is 476 g/mol. The highest BCUT2D eigenvalue weighted by molar-refractivity contribution is 7.92. The quantitative estimate of drug-likeness (QED) is 0.666. The molecule has 1 aliphatic rings. The van der Waals surface area contributed by atoms with Gasteiger partial charge in [0.05, 0.1) is 12.5 Å². The van der Waals surface area contributed by atoms with Gasteiger partial charge in [-0.05, 0) is 29.3 Å². The zero-order valence-electron chi connectivity index (χ0n) is 17.8. The van der Waals surface area contributed by atoms with E-state index in [2.05, 4.69) is 5.32 Å². The van der Waals surface area contributed by atoms with Gasteiger partial charge in [-0.2, -0.15) is 4.31 Å². The molecule has 1 aliphatic heterocycles. The Labute approximate surface area is 193 Å². The van der Waals surface area contributed by atoms with Crippen molar-refractivity contribution in [3.8, 4) is 0 Å². The highest BCUT2D eigenvalue weighted by atomic mass is 35.5. The van der Waals surface area contributed by atoms with E-state index in [4.69, 9.17) is 11.6 Å². The van der Waals surface area contributed by atoms with Gasteiger partial charge < -0.3 is 10.2 Å². The number of rotatable bonds is 7. The molecule has 0 aromatic heterocycles. The molecule has 7 nitrogen and oxygen atoms in total. The molecule has 1 fully saturated rings. The minimum Gasteiger partial charge on any atom is -0.349 e. The van der Waals surface area contributed by atoms with Crippen molar-refractivity contribution >= 4 is 39.5 Å². The summed E-state index contributed by atoms with van der Waals surface area (Å²) >= 11 is 5.94. The number of halogens is 1. The Kier molecular flexibility index (Phi) is 8.06. The van der Waals surface area contributed by atoms with Gasteiger partial charge in [0, 0.05) is 43.5 Å². The minimum absolute atomic E-state index is 0.0852. The zero-order chi connectivity index (χ0) is 23.1. The Morgan fingerprint density at radius 3 is 2.25 bits per heavy atom. The summed E-state index contributed by atoms with van der Waals surface area (Å²) in [6, 6.07) is 15.7. The van der Waals surface area contributed by atoms with E-state index in [-0.39, 0.29) is 31.3 Å². The minimum atomic E-state index is -3.57. The second kappa shape index (κ2) is 10.8. The fourth-order valence-corrected chi connectivity index (χ4v) is 4.80. The van der Waals surface area contributed by atoms with Crippen molar-refractivity contribution < 1.29 is 18.0 Å². The monoisotopic (exact) mass is 475 g/mol. The first-order valence-electron chi connectivity index (χ1n) is 10.3. The summed E-state index contributed by atoms with van der Waals surface area (Å²) in [5.74, 6) is -0.380. The second-order valence-corrected chi connectivity index (χ2v) is 9.80. The summed E-state index contributed by atoms with van der Waals surface area (Å²) < 4.78 is 26.6. The van der Waals surface area contributed by atoms with Crippen molar-refractivity contribution in [1.29, 1.82) is 0 Å². The molecule has 1 saturated heterocycles. The maximum Gasteiger partial charge on any atom is 0.236 e. The normalized spacial score (nSPS) is 16.1. The molecule has 0 aliphatic carbocycles. The Morgan fingerprint density at radius 1 is 1.03 bits per heavy atom. The summed E-state index contributed by atoms with van der Waals surface area (Å²) in [7, 11) is -3.57. The summed E-state index contributed by atoms with van der Waals surface area (Å²) in [6.07, 6.45) is 1.65. The largest absolute Gasteiger partial charge is 0.349 e. The number of benzene rings is 2. The van der Waals surface area contributed by atoms with Gasteiger partial charge in [0.25, 0.3) is 0 Å². The van der Waals surface area contributed by atoms with Crippen molar-refractivity contribution in [2.45, 2.75) is 19.4 Å². The molecule has 1 heterocycles. The molecule has 0 saturated carbocycles. The lowest BCUT2D eigenvalue weighted by Gasteiger charge is -2.34. The fourth-order valence-electron chi connectivity index (χ4n) is 3.50. The van der Waals surface area contributed by atoms with E-state index in [1.54, 1.807) is 35.2 Å². The number of amides is 2. The second-order valence-electron chi connectivity index (χ2n) is 7.55. The number of sulfonamides is 1. The van der Waals surface area contributed by atoms with E-state index in [1.807, 2.05) is 30.3 Å². The fraction of sp³-hybridized carbons (Fsp3) is 0.304. The third-order valence-electron chi connectivity index (χ3n) is 5.21. The van der Waals surface area contributed by atoms with Crippen molar-refractivity contribution in [2.24, 2.45) is 0 Å². The van der Waals surface area contributed by atoms with Gasteiger partial charge in [0.1, 0.15) is 0 Å². The Balaban J connectivity index is 1.59. The van der Waals surface area contributed by atoms with Gasteiger partial charge in [0.15, 0.2) is 0 Å². The molecule has 9 heteroatoms. The molecule has 1 unspecified atom stereocenters. The lowest BCUT2D eigenvalue weighted by atomic mass is 10.0. The number of carbonyl (C=O) groups excluding carboxylic acids is 2. The van der Waals surface area contributed by atoms with Crippen LogP contribution in [0.1, 0.15) is 30.5 Å². The number of hydrogen-bond donors (Lipinski definition) is 1. The van der Waals surface area contributed by atoms with Gasteiger partial charge >= 0.3 is 0 Å². The number of nitrogens with one attached hydrogen (secondary N) is 1. The van der Waals surface area contributed by atoms with Gasteiger partial charge in [-0.15, -0.1) is 0 Å². The topological polar surface area (TPSA) is 86.8 Å². The number of piperazine rings is 1. The molecule has 0 spiro atoms. The molecule has 0 bridgehead atoms. The number of nitrogens with zero attached hydrogens (tertiary/aromatic N) is 2. The molecule has 1 N–H and O–H groups in total. The Bertz CT molecular complexity index is 1060. The predicted molar refractivity (Wildman–Crippen MR) is 125 cm³/mol. The van der Waals surface area contributed by atoms with Crippen LogP contribution in [-0.4, -0.2) is 55.6 Å². The zero-order valence-corrected chi connectivity index (χ0v) is 19.3. The molecule has 2 aromatic carbocycles. The lowest BCUT2D eigenvalue weighted by molar-refractivity contribution is -0.133. The molecule has 32 heavy (non-hydrogen) atoms. The van der Waals surface area contributed by atoms with Crippen LogP contribution in [0.5, 0.6) is 0 Å². The highest BCUT2D eigenvalue weighted by Crippen LogP contribution is 2.21. The van der Waals surface area contributed by atoms with E-state index in [0.717, 1.165) is 11.1 Å². The third-order valence-corrected chi connectivity index (χ3v) is 7.03. The maximum absolute atomic E-state index is 12.9. The number of hydrogen-bond acceptors (Lipinski definition) is 4. The predicted octanol–water partition coefficient (Wildman–Crippen LogP) is 3.05. The van der Waals surface area contributed by atoms with Crippen molar-refractivity contribution in [1.82, 2.24) is 14.5 Å². The summed E-state index contributed by atoms with van der Waals surface area (Å²) in [4.78, 5) is 26.1. The Hall–Kier alpha value is -2.68. The van der Waals surface area contributed by atoms with E-state index in [1.165, 1.54) is 16.6 Å². The van der Waals surface area contributed by atoms with E-state index in [0.29, 0.717) is 18.1 Å². The van der Waals surface area contributed by atoms with Crippen LogP contribution in [0, 0.1) is 0 Å². The Morgan fingerprint density at radius 2 is 1.66 bits per heavy atom. The smallest absolute Gasteiger partial charge is 0.236 e. The van der Waals surface area contributed by atoms with E-state index in [9.17, 15) is 18.0 Å². The van der Waals surface area contributed by atoms with E-state index >= 15 is 0 Å². The summed E-state index contributed by atoms with van der Waals surface area (Å²) in [6.45, 7) is 2.44. The van der Waals surface area contributed by atoms with Gasteiger partial charge in [0.2, 0.25) is 21.8 Å². The molecular weight excluding hydrogens is 450 g/mol. The maximum atomic E-state index is 12.9. The van der Waals surface area contributed by atoms with Crippen LogP contribution >= 0.6 is 11.6 Å². The van der Waals surface area contributed by atoms with Crippen LogP contribution in [0.15, 0.2) is 60.0 Å². The lowest BCUT2D eigenvalue weighted by Crippen LogP contribution is -2.50. The molecular formula is C23H26ClN3O4S. The highest BCUT2D eigenvalue weighted by Gasteiger charge is 2.29. The molecule has 3 rings (SSSR count). The molecule has 2 aromatic rings.